The van der Waals surface area contributed by atoms with Gasteiger partial charge < -0.3 is 9.13 Å². The van der Waals surface area contributed by atoms with Crippen molar-refractivity contribution < 1.29 is 0 Å². The highest BCUT2D eigenvalue weighted by molar-refractivity contribution is 6.12. The molecule has 11 aromatic rings. The van der Waals surface area contributed by atoms with Gasteiger partial charge in [-0.1, -0.05) is 78.9 Å². The van der Waals surface area contributed by atoms with E-state index in [1.54, 1.807) is 0 Å². The zero-order valence-electron chi connectivity index (χ0n) is 30.7. The van der Waals surface area contributed by atoms with Crippen LogP contribution in [0.3, 0.4) is 0 Å². The van der Waals surface area contributed by atoms with Gasteiger partial charge in [0.25, 0.3) is 0 Å². The zero-order chi connectivity index (χ0) is 37.5. The molecule has 0 saturated heterocycles. The minimum Gasteiger partial charge on any atom is -0.309 e. The smallest absolute Gasteiger partial charge is 0.106 e. The van der Waals surface area contributed by atoms with Crippen molar-refractivity contribution >= 4 is 43.7 Å². The second kappa shape index (κ2) is 12.2. The number of para-hydroxylation sites is 1. The predicted octanol–water partition coefficient (Wildman–Crippen LogP) is 11.5. The Morgan fingerprint density at radius 1 is 0.386 bits per heavy atom. The van der Waals surface area contributed by atoms with Gasteiger partial charge in [0.15, 0.2) is 0 Å². The average Bonchev–Trinajstić information content (AvgIpc) is 3.90. The first kappa shape index (κ1) is 31.6. The summed E-state index contributed by atoms with van der Waals surface area (Å²) in [4.78, 5) is 19.1. The number of hydrogen-bond acceptors (Lipinski definition) is 4. The largest absolute Gasteiger partial charge is 0.309 e. The van der Waals surface area contributed by atoms with Crippen LogP contribution in [0.1, 0.15) is 22.5 Å². The molecule has 1 aliphatic carbocycles. The molecule has 1 aliphatic rings. The van der Waals surface area contributed by atoms with E-state index < -0.39 is 5.41 Å². The molecule has 0 amide bonds. The molecule has 6 heteroatoms. The van der Waals surface area contributed by atoms with Gasteiger partial charge in [0.2, 0.25) is 0 Å². The van der Waals surface area contributed by atoms with Gasteiger partial charge in [-0.3, -0.25) is 19.9 Å². The van der Waals surface area contributed by atoms with Crippen molar-refractivity contribution in [2.24, 2.45) is 0 Å². The Hall–Kier alpha value is -7.70. The molecule has 0 fully saturated rings. The SMILES string of the molecule is c1ccc(C2(c3ccccn3)c3ccccc3-c3cc4c5ccccc5n(-c5ccc(-c6ccc(-n7c8ccncc8c8ncccc87)cc6)cc5)c4cc32)nc1. The molecule has 6 heterocycles. The fraction of sp³-hybridized carbons (Fsp3) is 0.0196. The first-order chi connectivity index (χ1) is 28.3. The molecule has 0 aliphatic heterocycles. The molecule has 6 nitrogen and oxygen atoms in total. The van der Waals surface area contributed by atoms with Crippen molar-refractivity contribution in [3.8, 4) is 33.6 Å². The number of rotatable bonds is 5. The van der Waals surface area contributed by atoms with Crippen LogP contribution in [0.25, 0.3) is 77.4 Å². The summed E-state index contributed by atoms with van der Waals surface area (Å²) < 4.78 is 4.67. The summed E-state index contributed by atoms with van der Waals surface area (Å²) in [5, 5.41) is 3.48. The molecular weight excluding hydrogens is 697 g/mol. The highest BCUT2D eigenvalue weighted by Crippen LogP contribution is 2.56. The minimum atomic E-state index is -0.688. The number of hydrogen-bond donors (Lipinski definition) is 0. The van der Waals surface area contributed by atoms with Gasteiger partial charge >= 0.3 is 0 Å². The van der Waals surface area contributed by atoms with Gasteiger partial charge in [-0.25, -0.2) is 0 Å². The molecule has 0 spiro atoms. The monoisotopic (exact) mass is 728 g/mol. The number of pyridine rings is 4. The van der Waals surface area contributed by atoms with E-state index in [2.05, 4.69) is 165 Å². The molecule has 12 rings (SSSR count). The number of fused-ring (bicyclic) bond motifs is 9. The van der Waals surface area contributed by atoms with E-state index in [1.807, 2.05) is 49.2 Å². The lowest BCUT2D eigenvalue weighted by atomic mass is 9.72. The van der Waals surface area contributed by atoms with Crippen molar-refractivity contribution in [2.45, 2.75) is 5.41 Å². The molecule has 0 bridgehead atoms. The van der Waals surface area contributed by atoms with E-state index in [-0.39, 0.29) is 0 Å². The highest BCUT2D eigenvalue weighted by Gasteiger charge is 2.48. The van der Waals surface area contributed by atoms with Gasteiger partial charge in [0.1, 0.15) is 5.41 Å². The average molecular weight is 729 g/mol. The first-order valence-corrected chi connectivity index (χ1v) is 19.2. The van der Waals surface area contributed by atoms with E-state index in [0.717, 1.165) is 61.3 Å². The Morgan fingerprint density at radius 2 is 1.00 bits per heavy atom. The van der Waals surface area contributed by atoms with Crippen molar-refractivity contribution in [3.63, 3.8) is 0 Å². The summed E-state index contributed by atoms with van der Waals surface area (Å²) in [6.45, 7) is 0. The third kappa shape index (κ3) is 4.46. The summed E-state index contributed by atoms with van der Waals surface area (Å²) in [7, 11) is 0. The Balaban J connectivity index is 1.01. The maximum atomic E-state index is 5.04. The van der Waals surface area contributed by atoms with Gasteiger partial charge in [0.05, 0.1) is 39.0 Å². The third-order valence-electron chi connectivity index (χ3n) is 11.8. The van der Waals surface area contributed by atoms with Gasteiger partial charge in [-0.15, -0.1) is 0 Å². The standard InChI is InChI=1S/C51H32N6/c1-3-12-42-37(10-1)39-30-40-38-11-2-4-13-44(38)57(47(40)31-43(39)51(42,48-15-5-7-26-53-48)49-16-6-8-27-54-49)36-23-19-34(20-24-36)33-17-21-35(22-18-33)56-45-25-29-52-32-41(45)50-46(56)14-9-28-55-50/h1-32H. The Bertz CT molecular complexity index is 3240. The summed E-state index contributed by atoms with van der Waals surface area (Å²) in [5.41, 5.74) is 16.0. The number of benzene rings is 5. The Labute approximate surface area is 328 Å². The van der Waals surface area contributed by atoms with E-state index >= 15 is 0 Å². The van der Waals surface area contributed by atoms with E-state index in [9.17, 15) is 0 Å². The zero-order valence-corrected chi connectivity index (χ0v) is 30.7. The predicted molar refractivity (Wildman–Crippen MR) is 229 cm³/mol. The van der Waals surface area contributed by atoms with Gasteiger partial charge in [-0.2, -0.15) is 0 Å². The van der Waals surface area contributed by atoms with Crippen LogP contribution in [-0.4, -0.2) is 29.1 Å². The highest BCUT2D eigenvalue weighted by atomic mass is 15.0. The lowest BCUT2D eigenvalue weighted by Crippen LogP contribution is -2.30. The molecule has 266 valence electrons. The fourth-order valence-corrected chi connectivity index (χ4v) is 9.43. The van der Waals surface area contributed by atoms with Crippen molar-refractivity contribution in [1.82, 2.24) is 29.1 Å². The molecule has 57 heavy (non-hydrogen) atoms. The van der Waals surface area contributed by atoms with Crippen LogP contribution in [0.15, 0.2) is 195 Å². The second-order valence-electron chi connectivity index (χ2n) is 14.7. The minimum absolute atomic E-state index is 0.688. The van der Waals surface area contributed by atoms with Crippen molar-refractivity contribution in [2.75, 3.05) is 0 Å². The molecular formula is C51H32N6. The van der Waals surface area contributed by atoms with Crippen LogP contribution in [0.4, 0.5) is 0 Å². The summed E-state index contributed by atoms with van der Waals surface area (Å²) in [6, 6.07) is 58.6. The van der Waals surface area contributed by atoms with E-state index in [1.165, 1.54) is 38.5 Å². The van der Waals surface area contributed by atoms with Crippen LogP contribution >= 0.6 is 0 Å². The van der Waals surface area contributed by atoms with Gasteiger partial charge in [0, 0.05) is 58.5 Å². The van der Waals surface area contributed by atoms with Crippen LogP contribution in [0.2, 0.25) is 0 Å². The summed E-state index contributed by atoms with van der Waals surface area (Å²) >= 11 is 0. The van der Waals surface area contributed by atoms with Gasteiger partial charge in [-0.05, 0) is 118 Å². The van der Waals surface area contributed by atoms with E-state index in [4.69, 9.17) is 9.97 Å². The maximum absolute atomic E-state index is 5.04. The normalized spacial score (nSPS) is 13.1. The molecule has 6 aromatic heterocycles. The van der Waals surface area contributed by atoms with Crippen molar-refractivity contribution in [3.05, 3.63) is 217 Å². The van der Waals surface area contributed by atoms with Crippen molar-refractivity contribution in [1.29, 1.82) is 0 Å². The molecule has 0 unspecified atom stereocenters. The topological polar surface area (TPSA) is 61.4 Å². The molecule has 5 aromatic carbocycles. The summed E-state index contributed by atoms with van der Waals surface area (Å²) in [5.74, 6) is 0. The van der Waals surface area contributed by atoms with Crippen LogP contribution in [-0.2, 0) is 5.41 Å². The summed E-state index contributed by atoms with van der Waals surface area (Å²) in [6.07, 6.45) is 9.37. The quantitative estimate of drug-likeness (QED) is 0.177. The number of aromatic nitrogens is 6. The van der Waals surface area contributed by atoms with E-state index in [0.29, 0.717) is 0 Å². The molecule has 0 radical (unpaired) electrons. The molecule has 0 N–H and O–H groups in total. The lowest BCUT2D eigenvalue weighted by Gasteiger charge is -2.31. The third-order valence-corrected chi connectivity index (χ3v) is 11.8. The Kier molecular flexibility index (Phi) is 6.74. The first-order valence-electron chi connectivity index (χ1n) is 19.2. The van der Waals surface area contributed by atoms with Crippen LogP contribution in [0, 0.1) is 0 Å². The fourth-order valence-electron chi connectivity index (χ4n) is 9.43. The Morgan fingerprint density at radius 3 is 1.72 bits per heavy atom. The molecule has 0 saturated carbocycles. The second-order valence-corrected chi connectivity index (χ2v) is 14.7. The molecule has 0 atom stereocenters. The lowest BCUT2D eigenvalue weighted by molar-refractivity contribution is 0.706. The maximum Gasteiger partial charge on any atom is 0.106 e. The number of nitrogens with zero attached hydrogens (tertiary/aromatic N) is 6. The van der Waals surface area contributed by atoms with Crippen LogP contribution in [0.5, 0.6) is 0 Å². The van der Waals surface area contributed by atoms with Crippen LogP contribution < -0.4 is 0 Å².